The fraction of sp³-hybridized carbons (Fsp3) is 0.500. The molecule has 1 amide bonds. The average Bonchev–Trinajstić information content (AvgIpc) is 2.77. The summed E-state index contributed by atoms with van der Waals surface area (Å²) in [7, 11) is 0. The number of alkyl halides is 1. The van der Waals surface area contributed by atoms with Gasteiger partial charge in [0.15, 0.2) is 0 Å². The molecule has 2 unspecified atom stereocenters. The quantitative estimate of drug-likeness (QED) is 0.827. The average molecular weight is 284 g/mol. The molecule has 4 nitrogen and oxygen atoms in total. The zero-order valence-electron chi connectivity index (χ0n) is 10.9. The highest BCUT2D eigenvalue weighted by atomic mass is 35.5. The van der Waals surface area contributed by atoms with Crippen molar-refractivity contribution in [2.45, 2.75) is 30.9 Å². The summed E-state index contributed by atoms with van der Waals surface area (Å²) >= 11 is 5.69. The van der Waals surface area contributed by atoms with Gasteiger partial charge in [-0.2, -0.15) is 0 Å². The van der Waals surface area contributed by atoms with Crippen LogP contribution in [0, 0.1) is 0 Å². The van der Waals surface area contributed by atoms with Crippen molar-refractivity contribution in [1.82, 2.24) is 5.32 Å². The van der Waals surface area contributed by atoms with Gasteiger partial charge in [-0.3, -0.25) is 4.79 Å². The molecule has 1 saturated heterocycles. The zero-order chi connectivity index (χ0) is 13.9. The molecule has 0 radical (unpaired) electrons. The van der Waals surface area contributed by atoms with Gasteiger partial charge >= 0.3 is 0 Å². The number of hydrogen-bond acceptors (Lipinski definition) is 3. The Morgan fingerprint density at radius 3 is 2.74 bits per heavy atom. The molecular weight excluding hydrogens is 266 g/mol. The van der Waals surface area contributed by atoms with E-state index in [2.05, 4.69) is 5.32 Å². The lowest BCUT2D eigenvalue weighted by Gasteiger charge is -2.26. The van der Waals surface area contributed by atoms with E-state index in [1.165, 1.54) is 0 Å². The van der Waals surface area contributed by atoms with Crippen molar-refractivity contribution in [3.63, 3.8) is 0 Å². The summed E-state index contributed by atoms with van der Waals surface area (Å²) in [5.41, 5.74) is 0.560. The molecule has 2 atom stereocenters. The first kappa shape index (κ1) is 14.3. The predicted octanol–water partition coefficient (Wildman–Crippen LogP) is 1.70. The lowest BCUT2D eigenvalue weighted by molar-refractivity contribution is -0.0251. The molecule has 0 bridgehead atoms. The van der Waals surface area contributed by atoms with Crippen molar-refractivity contribution >= 4 is 17.5 Å². The van der Waals surface area contributed by atoms with Gasteiger partial charge in [-0.1, -0.05) is 12.1 Å². The highest BCUT2D eigenvalue weighted by Gasteiger charge is 2.39. The van der Waals surface area contributed by atoms with Crippen LogP contribution >= 0.6 is 11.6 Å². The number of hydrogen-bond donors (Lipinski definition) is 2. The van der Waals surface area contributed by atoms with Gasteiger partial charge in [-0.15, -0.1) is 11.6 Å². The maximum atomic E-state index is 12.0. The molecule has 1 aromatic rings. The van der Waals surface area contributed by atoms with E-state index in [4.69, 9.17) is 16.3 Å². The third kappa shape index (κ3) is 3.26. The molecule has 0 aromatic heterocycles. The molecule has 1 aromatic carbocycles. The largest absolute Gasteiger partial charge is 0.385 e. The number of amides is 1. The van der Waals surface area contributed by atoms with Gasteiger partial charge in [0.2, 0.25) is 0 Å². The lowest BCUT2D eigenvalue weighted by atomic mass is 9.96. The van der Waals surface area contributed by atoms with E-state index >= 15 is 0 Å². The molecule has 1 aliphatic heterocycles. The summed E-state index contributed by atoms with van der Waals surface area (Å²) in [4.78, 5) is 12.0. The molecule has 0 saturated carbocycles. The van der Waals surface area contributed by atoms with E-state index in [0.717, 1.165) is 5.56 Å². The van der Waals surface area contributed by atoms with Crippen LogP contribution < -0.4 is 5.32 Å². The molecule has 19 heavy (non-hydrogen) atoms. The first-order chi connectivity index (χ1) is 9.05. The van der Waals surface area contributed by atoms with Gasteiger partial charge < -0.3 is 15.2 Å². The lowest BCUT2D eigenvalue weighted by Crippen LogP contribution is -2.47. The molecule has 0 aliphatic carbocycles. The molecule has 1 heterocycles. The molecule has 104 valence electrons. The topological polar surface area (TPSA) is 58.6 Å². The molecular formula is C14H18ClNO3. The van der Waals surface area contributed by atoms with Gasteiger partial charge in [-0.25, -0.2) is 0 Å². The summed E-state index contributed by atoms with van der Waals surface area (Å²) in [6, 6.07) is 7.09. The second-order valence-electron chi connectivity index (χ2n) is 4.88. The van der Waals surface area contributed by atoms with Crippen LogP contribution in [-0.2, 0) is 10.6 Å². The SMILES string of the molecule is CC1OCCC1(O)CNC(=O)c1ccc(CCl)cc1. The normalized spacial score (nSPS) is 26.4. The second kappa shape index (κ2) is 5.90. The van der Waals surface area contributed by atoms with Crippen molar-refractivity contribution in [2.24, 2.45) is 0 Å². The minimum absolute atomic E-state index is 0.199. The standard InChI is InChI=1S/C14H18ClNO3/c1-10-14(18,6-7-19-10)9-16-13(17)12-4-2-11(8-15)3-5-12/h2-5,10,18H,6-9H2,1H3,(H,16,17). The maximum absolute atomic E-state index is 12.0. The minimum atomic E-state index is -0.967. The molecule has 0 spiro atoms. The van der Waals surface area contributed by atoms with E-state index in [9.17, 15) is 9.90 Å². The summed E-state index contributed by atoms with van der Waals surface area (Å²) in [5, 5.41) is 13.0. The van der Waals surface area contributed by atoms with Crippen molar-refractivity contribution in [3.8, 4) is 0 Å². The summed E-state index contributed by atoms with van der Waals surface area (Å²) < 4.78 is 5.32. The van der Waals surface area contributed by atoms with E-state index in [-0.39, 0.29) is 18.6 Å². The van der Waals surface area contributed by atoms with Gasteiger partial charge in [0, 0.05) is 31.0 Å². The fourth-order valence-electron chi connectivity index (χ4n) is 2.08. The Bertz CT molecular complexity index is 449. The maximum Gasteiger partial charge on any atom is 0.251 e. The van der Waals surface area contributed by atoms with Gasteiger partial charge in [0.25, 0.3) is 5.91 Å². The first-order valence-corrected chi connectivity index (χ1v) is 6.86. The van der Waals surface area contributed by atoms with Crippen LogP contribution in [0.15, 0.2) is 24.3 Å². The van der Waals surface area contributed by atoms with Gasteiger partial charge in [0.05, 0.1) is 6.10 Å². The third-order valence-electron chi connectivity index (χ3n) is 3.59. The molecule has 2 rings (SSSR count). The smallest absolute Gasteiger partial charge is 0.251 e. The van der Waals surface area contributed by atoms with Crippen LogP contribution in [0.5, 0.6) is 0 Å². The van der Waals surface area contributed by atoms with Crippen LogP contribution in [-0.4, -0.2) is 35.9 Å². The molecule has 5 heteroatoms. The van der Waals surface area contributed by atoms with Crippen LogP contribution in [0.4, 0.5) is 0 Å². The molecule has 1 aliphatic rings. The van der Waals surface area contributed by atoms with E-state index in [1.807, 2.05) is 19.1 Å². The Labute approximate surface area is 117 Å². The molecule has 1 fully saturated rings. The van der Waals surface area contributed by atoms with Crippen molar-refractivity contribution in [1.29, 1.82) is 0 Å². The summed E-state index contributed by atoms with van der Waals surface area (Å²) in [5.74, 6) is 0.227. The first-order valence-electron chi connectivity index (χ1n) is 6.32. The van der Waals surface area contributed by atoms with Crippen LogP contribution in [0.3, 0.4) is 0 Å². The summed E-state index contributed by atoms with van der Waals surface area (Å²) in [6.07, 6.45) is 0.283. The Hall–Kier alpha value is -1.10. The number of nitrogens with one attached hydrogen (secondary N) is 1. The van der Waals surface area contributed by atoms with Crippen molar-refractivity contribution in [2.75, 3.05) is 13.2 Å². The molecule has 2 N–H and O–H groups in total. The Morgan fingerprint density at radius 2 is 2.21 bits per heavy atom. The number of aliphatic hydroxyl groups is 1. The zero-order valence-corrected chi connectivity index (χ0v) is 11.6. The van der Waals surface area contributed by atoms with E-state index in [0.29, 0.717) is 24.5 Å². The van der Waals surface area contributed by atoms with Crippen molar-refractivity contribution in [3.05, 3.63) is 35.4 Å². The van der Waals surface area contributed by atoms with Gasteiger partial charge in [-0.05, 0) is 24.6 Å². The Kier molecular flexibility index (Phi) is 4.45. The van der Waals surface area contributed by atoms with E-state index < -0.39 is 5.60 Å². The van der Waals surface area contributed by atoms with Gasteiger partial charge in [0.1, 0.15) is 5.60 Å². The third-order valence-corrected chi connectivity index (χ3v) is 3.89. The van der Waals surface area contributed by atoms with Crippen LogP contribution in [0.25, 0.3) is 0 Å². The Balaban J connectivity index is 1.93. The number of benzene rings is 1. The Morgan fingerprint density at radius 1 is 1.53 bits per heavy atom. The number of rotatable bonds is 4. The van der Waals surface area contributed by atoms with E-state index in [1.54, 1.807) is 12.1 Å². The van der Waals surface area contributed by atoms with Crippen LogP contribution in [0.2, 0.25) is 0 Å². The number of halogens is 1. The number of ether oxygens (including phenoxy) is 1. The van der Waals surface area contributed by atoms with Crippen LogP contribution in [0.1, 0.15) is 29.3 Å². The minimum Gasteiger partial charge on any atom is -0.385 e. The highest BCUT2D eigenvalue weighted by Crippen LogP contribution is 2.24. The number of carbonyl (C=O) groups is 1. The monoisotopic (exact) mass is 283 g/mol. The summed E-state index contributed by atoms with van der Waals surface area (Å²) in [6.45, 7) is 2.54. The fourth-order valence-corrected chi connectivity index (χ4v) is 2.26. The highest BCUT2D eigenvalue weighted by molar-refractivity contribution is 6.17. The van der Waals surface area contributed by atoms with Crippen molar-refractivity contribution < 1.29 is 14.6 Å². The predicted molar refractivity (Wildman–Crippen MR) is 73.3 cm³/mol. The second-order valence-corrected chi connectivity index (χ2v) is 5.15. The number of carbonyl (C=O) groups excluding carboxylic acids is 1.